The van der Waals surface area contributed by atoms with Crippen LogP contribution in [0.25, 0.3) is 0 Å². The molecular formula is C10H17N3O. The van der Waals surface area contributed by atoms with Crippen molar-refractivity contribution in [2.24, 2.45) is 0 Å². The molecule has 2 rings (SSSR count). The number of aliphatic hydroxyl groups is 1. The zero-order valence-corrected chi connectivity index (χ0v) is 8.70. The maximum atomic E-state index is 9.04. The van der Waals surface area contributed by atoms with Gasteiger partial charge in [0.1, 0.15) is 0 Å². The van der Waals surface area contributed by atoms with E-state index in [9.17, 15) is 0 Å². The van der Waals surface area contributed by atoms with E-state index in [-0.39, 0.29) is 12.6 Å². The number of aromatic nitrogens is 2. The third-order valence-electron chi connectivity index (χ3n) is 2.76. The Hall–Kier alpha value is -0.870. The number of fused-ring (bicyclic) bond motifs is 1. The fraction of sp³-hybridized carbons (Fsp3) is 0.700. The zero-order chi connectivity index (χ0) is 10.1. The molecule has 1 aliphatic rings. The number of aliphatic hydroxyl groups excluding tert-OH is 1. The Morgan fingerprint density at radius 1 is 1.71 bits per heavy atom. The summed E-state index contributed by atoms with van der Waals surface area (Å²) in [5, 5.41) is 12.3. The standard InChI is InChI=1S/C10H17N3O/c1-7(2)13-6-12-9-3-8(5-14)11-4-10(9)13/h6-8,11,14H,3-5H2,1-2H3. The van der Waals surface area contributed by atoms with E-state index in [0.29, 0.717) is 6.04 Å². The highest BCUT2D eigenvalue weighted by atomic mass is 16.3. The molecule has 4 nitrogen and oxygen atoms in total. The van der Waals surface area contributed by atoms with Gasteiger partial charge in [-0.3, -0.25) is 0 Å². The Labute approximate surface area is 84.0 Å². The fourth-order valence-electron chi connectivity index (χ4n) is 1.91. The van der Waals surface area contributed by atoms with Crippen LogP contribution < -0.4 is 5.32 Å². The van der Waals surface area contributed by atoms with Gasteiger partial charge >= 0.3 is 0 Å². The smallest absolute Gasteiger partial charge is 0.0954 e. The zero-order valence-electron chi connectivity index (χ0n) is 8.70. The molecule has 0 bridgehead atoms. The lowest BCUT2D eigenvalue weighted by atomic mass is 10.1. The monoisotopic (exact) mass is 195 g/mol. The fourth-order valence-corrected chi connectivity index (χ4v) is 1.91. The van der Waals surface area contributed by atoms with Gasteiger partial charge in [-0.2, -0.15) is 0 Å². The van der Waals surface area contributed by atoms with E-state index in [2.05, 4.69) is 28.7 Å². The average molecular weight is 195 g/mol. The van der Waals surface area contributed by atoms with Crippen LogP contribution in [-0.2, 0) is 13.0 Å². The van der Waals surface area contributed by atoms with Crippen molar-refractivity contribution in [2.45, 2.75) is 38.9 Å². The van der Waals surface area contributed by atoms with E-state index in [4.69, 9.17) is 5.11 Å². The third-order valence-corrected chi connectivity index (χ3v) is 2.76. The quantitative estimate of drug-likeness (QED) is 0.721. The van der Waals surface area contributed by atoms with Gasteiger partial charge in [-0.15, -0.1) is 0 Å². The van der Waals surface area contributed by atoms with Crippen LogP contribution in [0.2, 0.25) is 0 Å². The molecule has 0 amide bonds. The second-order valence-electron chi connectivity index (χ2n) is 4.10. The summed E-state index contributed by atoms with van der Waals surface area (Å²) in [6, 6.07) is 0.636. The van der Waals surface area contributed by atoms with Crippen molar-refractivity contribution in [2.75, 3.05) is 6.61 Å². The predicted molar refractivity (Wildman–Crippen MR) is 54.0 cm³/mol. The minimum absolute atomic E-state index is 0.179. The normalized spacial score (nSPS) is 21.3. The minimum Gasteiger partial charge on any atom is -0.395 e. The topological polar surface area (TPSA) is 50.1 Å². The van der Waals surface area contributed by atoms with Gasteiger partial charge < -0.3 is 15.0 Å². The molecule has 2 heterocycles. The van der Waals surface area contributed by atoms with Gasteiger partial charge in [-0.1, -0.05) is 0 Å². The highest BCUT2D eigenvalue weighted by Gasteiger charge is 2.21. The number of hydrogen-bond acceptors (Lipinski definition) is 3. The van der Waals surface area contributed by atoms with Crippen molar-refractivity contribution in [3.63, 3.8) is 0 Å². The van der Waals surface area contributed by atoms with E-state index < -0.39 is 0 Å². The van der Waals surface area contributed by atoms with Gasteiger partial charge in [0.2, 0.25) is 0 Å². The lowest BCUT2D eigenvalue weighted by Crippen LogP contribution is -2.39. The minimum atomic E-state index is 0.179. The molecule has 4 heteroatoms. The molecule has 1 atom stereocenters. The lowest BCUT2D eigenvalue weighted by Gasteiger charge is -2.23. The molecule has 0 aliphatic carbocycles. The van der Waals surface area contributed by atoms with E-state index in [1.165, 1.54) is 5.69 Å². The summed E-state index contributed by atoms with van der Waals surface area (Å²) < 4.78 is 2.19. The van der Waals surface area contributed by atoms with Crippen LogP contribution in [0.5, 0.6) is 0 Å². The van der Waals surface area contributed by atoms with Crippen molar-refractivity contribution in [3.8, 4) is 0 Å². The van der Waals surface area contributed by atoms with Gasteiger partial charge in [0.25, 0.3) is 0 Å². The van der Waals surface area contributed by atoms with Gasteiger partial charge in [-0.05, 0) is 13.8 Å². The highest BCUT2D eigenvalue weighted by molar-refractivity contribution is 5.18. The molecule has 0 radical (unpaired) electrons. The number of nitrogens with one attached hydrogen (secondary N) is 1. The largest absolute Gasteiger partial charge is 0.395 e. The van der Waals surface area contributed by atoms with Crippen molar-refractivity contribution in [3.05, 3.63) is 17.7 Å². The summed E-state index contributed by atoms with van der Waals surface area (Å²) in [6.45, 7) is 5.31. The Morgan fingerprint density at radius 2 is 2.50 bits per heavy atom. The molecule has 1 aliphatic heterocycles. The SMILES string of the molecule is CC(C)n1cnc2c1CNC(CO)C2. The van der Waals surface area contributed by atoms with Gasteiger partial charge in [0.05, 0.1) is 24.3 Å². The first-order valence-corrected chi connectivity index (χ1v) is 5.11. The average Bonchev–Trinajstić information content (AvgIpc) is 2.59. The Balaban J connectivity index is 2.25. The maximum Gasteiger partial charge on any atom is 0.0954 e. The van der Waals surface area contributed by atoms with Crippen molar-refractivity contribution < 1.29 is 5.11 Å². The number of hydrogen-bond donors (Lipinski definition) is 2. The van der Waals surface area contributed by atoms with Crippen LogP contribution in [0, 0.1) is 0 Å². The molecule has 78 valence electrons. The van der Waals surface area contributed by atoms with Crippen molar-refractivity contribution in [1.82, 2.24) is 14.9 Å². The molecule has 1 aromatic rings. The van der Waals surface area contributed by atoms with Crippen LogP contribution >= 0.6 is 0 Å². The molecule has 1 unspecified atom stereocenters. The molecule has 2 N–H and O–H groups in total. The number of rotatable bonds is 2. The number of imidazole rings is 1. The first-order valence-electron chi connectivity index (χ1n) is 5.11. The Bertz CT molecular complexity index is 319. The van der Waals surface area contributed by atoms with E-state index in [0.717, 1.165) is 18.7 Å². The molecule has 0 saturated heterocycles. The number of nitrogens with zero attached hydrogens (tertiary/aromatic N) is 2. The van der Waals surface area contributed by atoms with Gasteiger partial charge in [-0.25, -0.2) is 4.98 Å². The van der Waals surface area contributed by atoms with E-state index >= 15 is 0 Å². The van der Waals surface area contributed by atoms with Crippen LogP contribution in [0.4, 0.5) is 0 Å². The maximum absolute atomic E-state index is 9.04. The molecule has 0 aromatic carbocycles. The van der Waals surface area contributed by atoms with Crippen LogP contribution in [0.15, 0.2) is 6.33 Å². The highest BCUT2D eigenvalue weighted by Crippen LogP contribution is 2.18. The summed E-state index contributed by atoms with van der Waals surface area (Å²) in [7, 11) is 0. The molecule has 1 aromatic heterocycles. The molecular weight excluding hydrogens is 178 g/mol. The Morgan fingerprint density at radius 3 is 3.14 bits per heavy atom. The summed E-state index contributed by atoms with van der Waals surface area (Å²) in [4.78, 5) is 4.39. The van der Waals surface area contributed by atoms with Crippen molar-refractivity contribution >= 4 is 0 Å². The second kappa shape index (κ2) is 3.71. The first kappa shape index (κ1) is 9.68. The summed E-state index contributed by atoms with van der Waals surface area (Å²) in [5.41, 5.74) is 2.40. The van der Waals surface area contributed by atoms with E-state index in [1.807, 2.05) is 6.33 Å². The van der Waals surface area contributed by atoms with Crippen LogP contribution in [0.3, 0.4) is 0 Å². The second-order valence-corrected chi connectivity index (χ2v) is 4.10. The van der Waals surface area contributed by atoms with E-state index in [1.54, 1.807) is 0 Å². The van der Waals surface area contributed by atoms with Gasteiger partial charge in [0, 0.05) is 25.0 Å². The third kappa shape index (κ3) is 1.55. The van der Waals surface area contributed by atoms with Crippen molar-refractivity contribution in [1.29, 1.82) is 0 Å². The Kier molecular flexibility index (Phi) is 2.56. The van der Waals surface area contributed by atoms with Crippen LogP contribution in [-0.4, -0.2) is 27.3 Å². The molecule has 0 saturated carbocycles. The molecule has 14 heavy (non-hydrogen) atoms. The lowest BCUT2D eigenvalue weighted by molar-refractivity contribution is 0.233. The molecule has 0 spiro atoms. The first-order chi connectivity index (χ1) is 6.72. The summed E-state index contributed by atoms with van der Waals surface area (Å²) in [5.74, 6) is 0. The molecule has 0 fully saturated rings. The summed E-state index contributed by atoms with van der Waals surface area (Å²) >= 11 is 0. The predicted octanol–water partition coefficient (Wildman–Crippen LogP) is 0.471. The van der Waals surface area contributed by atoms with Crippen LogP contribution in [0.1, 0.15) is 31.3 Å². The van der Waals surface area contributed by atoms with Gasteiger partial charge in [0.15, 0.2) is 0 Å². The summed E-state index contributed by atoms with van der Waals surface area (Å²) in [6.07, 6.45) is 2.74.